The normalized spacial score (nSPS) is 13.9. The summed E-state index contributed by atoms with van der Waals surface area (Å²) in [6, 6.07) is 17.7. The van der Waals surface area contributed by atoms with E-state index in [-0.39, 0.29) is 11.3 Å². The highest BCUT2D eigenvalue weighted by Crippen LogP contribution is 2.35. The molecule has 0 fully saturated rings. The van der Waals surface area contributed by atoms with Crippen LogP contribution in [0.2, 0.25) is 5.02 Å². The molecule has 0 aliphatic carbocycles. The molecule has 0 bridgehead atoms. The number of rotatable bonds is 4. The van der Waals surface area contributed by atoms with Gasteiger partial charge in [0.1, 0.15) is 11.5 Å². The van der Waals surface area contributed by atoms with Crippen LogP contribution in [0.25, 0.3) is 5.57 Å². The fourth-order valence-electron chi connectivity index (χ4n) is 3.38. The van der Waals surface area contributed by atoms with Crippen molar-refractivity contribution in [2.75, 3.05) is 10.2 Å². The average Bonchev–Trinajstić information content (AvgIpc) is 2.97. The topological polar surface area (TPSA) is 49.4 Å². The Balaban J connectivity index is 1.84. The van der Waals surface area contributed by atoms with Crippen LogP contribution in [-0.2, 0) is 9.59 Å². The molecular formula is C24H18ClFN2O2. The summed E-state index contributed by atoms with van der Waals surface area (Å²) in [4.78, 5) is 27.7. The van der Waals surface area contributed by atoms with Crippen LogP contribution in [0.1, 0.15) is 16.7 Å². The summed E-state index contributed by atoms with van der Waals surface area (Å²) < 4.78 is 13.5. The van der Waals surface area contributed by atoms with E-state index >= 15 is 0 Å². The van der Waals surface area contributed by atoms with Crippen LogP contribution in [0.4, 0.5) is 15.8 Å². The molecule has 3 aromatic rings. The van der Waals surface area contributed by atoms with Crippen molar-refractivity contribution in [3.63, 3.8) is 0 Å². The van der Waals surface area contributed by atoms with Crippen LogP contribution in [0.5, 0.6) is 0 Å². The Bertz CT molecular complexity index is 1180. The minimum Gasteiger partial charge on any atom is -0.350 e. The monoisotopic (exact) mass is 420 g/mol. The number of nitrogens with zero attached hydrogens (tertiary/aromatic N) is 1. The van der Waals surface area contributed by atoms with Gasteiger partial charge in [0.2, 0.25) is 0 Å². The molecule has 3 aromatic carbocycles. The van der Waals surface area contributed by atoms with Crippen molar-refractivity contribution in [1.82, 2.24) is 0 Å². The first-order valence-electron chi connectivity index (χ1n) is 9.34. The van der Waals surface area contributed by atoms with Crippen molar-refractivity contribution in [3.8, 4) is 0 Å². The summed E-state index contributed by atoms with van der Waals surface area (Å²) in [5.41, 5.74) is 3.95. The van der Waals surface area contributed by atoms with Gasteiger partial charge < -0.3 is 5.32 Å². The number of amides is 2. The average molecular weight is 421 g/mol. The molecule has 4 rings (SSSR count). The van der Waals surface area contributed by atoms with Gasteiger partial charge in [0.05, 0.1) is 11.3 Å². The lowest BCUT2D eigenvalue weighted by Gasteiger charge is -2.16. The summed E-state index contributed by atoms with van der Waals surface area (Å²) in [5, 5.41) is 3.65. The number of anilines is 2. The van der Waals surface area contributed by atoms with Gasteiger partial charge in [0.15, 0.2) is 0 Å². The zero-order chi connectivity index (χ0) is 21.4. The van der Waals surface area contributed by atoms with Gasteiger partial charge in [0.25, 0.3) is 11.8 Å². The molecule has 2 amide bonds. The number of aryl methyl sites for hydroxylation is 1. The van der Waals surface area contributed by atoms with Crippen molar-refractivity contribution < 1.29 is 14.0 Å². The van der Waals surface area contributed by atoms with E-state index < -0.39 is 17.6 Å². The molecule has 0 atom stereocenters. The largest absolute Gasteiger partial charge is 0.350 e. The molecule has 0 spiro atoms. The number of carbonyl (C=O) groups is 2. The molecule has 4 nitrogen and oxygen atoms in total. The van der Waals surface area contributed by atoms with Crippen LogP contribution < -0.4 is 10.2 Å². The fraction of sp³-hybridized carbons (Fsp3) is 0.0833. The van der Waals surface area contributed by atoms with E-state index in [0.717, 1.165) is 21.7 Å². The third-order valence-electron chi connectivity index (χ3n) is 5.17. The number of hydrogen-bond donors (Lipinski definition) is 1. The van der Waals surface area contributed by atoms with Crippen molar-refractivity contribution >= 4 is 40.4 Å². The number of imide groups is 1. The predicted molar refractivity (Wildman–Crippen MR) is 117 cm³/mol. The Hall–Kier alpha value is -3.44. The van der Waals surface area contributed by atoms with E-state index in [9.17, 15) is 14.0 Å². The first-order chi connectivity index (χ1) is 14.4. The van der Waals surface area contributed by atoms with E-state index in [1.807, 2.05) is 32.0 Å². The van der Waals surface area contributed by atoms with Crippen LogP contribution in [0.15, 0.2) is 72.4 Å². The molecule has 1 aliphatic heterocycles. The molecule has 0 radical (unpaired) electrons. The summed E-state index contributed by atoms with van der Waals surface area (Å²) in [6.45, 7) is 3.91. The molecule has 0 saturated carbocycles. The van der Waals surface area contributed by atoms with Gasteiger partial charge in [-0.15, -0.1) is 0 Å². The van der Waals surface area contributed by atoms with E-state index in [1.165, 1.54) is 24.3 Å². The number of hydrogen-bond acceptors (Lipinski definition) is 3. The van der Waals surface area contributed by atoms with Crippen molar-refractivity contribution in [1.29, 1.82) is 0 Å². The first-order valence-corrected chi connectivity index (χ1v) is 9.72. The second kappa shape index (κ2) is 7.76. The van der Waals surface area contributed by atoms with Gasteiger partial charge in [-0.05, 0) is 73.0 Å². The zero-order valence-electron chi connectivity index (χ0n) is 16.4. The molecule has 1 heterocycles. The number of carbonyl (C=O) groups excluding carboxylic acids is 2. The summed E-state index contributed by atoms with van der Waals surface area (Å²) >= 11 is 5.95. The maximum atomic E-state index is 13.5. The third kappa shape index (κ3) is 3.48. The smallest absolute Gasteiger partial charge is 0.282 e. The van der Waals surface area contributed by atoms with Crippen molar-refractivity contribution in [2.45, 2.75) is 13.8 Å². The highest BCUT2D eigenvalue weighted by atomic mass is 35.5. The second-order valence-electron chi connectivity index (χ2n) is 7.05. The van der Waals surface area contributed by atoms with Gasteiger partial charge >= 0.3 is 0 Å². The number of benzene rings is 3. The Kier molecular flexibility index (Phi) is 5.14. The Morgan fingerprint density at radius 3 is 2.20 bits per heavy atom. The Labute approximate surface area is 178 Å². The van der Waals surface area contributed by atoms with Gasteiger partial charge in [-0.3, -0.25) is 9.59 Å². The number of nitrogens with one attached hydrogen (secondary N) is 1. The van der Waals surface area contributed by atoms with E-state index in [2.05, 4.69) is 5.32 Å². The summed E-state index contributed by atoms with van der Waals surface area (Å²) in [6.07, 6.45) is 0. The van der Waals surface area contributed by atoms with Crippen LogP contribution in [-0.4, -0.2) is 11.8 Å². The van der Waals surface area contributed by atoms with E-state index in [4.69, 9.17) is 11.6 Å². The fourth-order valence-corrected chi connectivity index (χ4v) is 3.50. The van der Waals surface area contributed by atoms with Gasteiger partial charge in [-0.1, -0.05) is 35.9 Å². The second-order valence-corrected chi connectivity index (χ2v) is 7.49. The quantitative estimate of drug-likeness (QED) is 0.567. The molecular weight excluding hydrogens is 403 g/mol. The number of halogens is 2. The standard InChI is InChI=1S/C24H18ClFN2O2/c1-14-4-3-5-20(15(14)2)27-22-21(16-6-10-18(26)11-7-16)23(29)28(24(22)30)19-12-8-17(25)9-13-19/h3-13,27H,1-2H3. The van der Waals surface area contributed by atoms with E-state index in [1.54, 1.807) is 24.3 Å². The molecule has 0 aromatic heterocycles. The molecule has 1 N–H and O–H groups in total. The molecule has 0 unspecified atom stereocenters. The van der Waals surface area contributed by atoms with Gasteiger partial charge in [-0.25, -0.2) is 9.29 Å². The summed E-state index contributed by atoms with van der Waals surface area (Å²) in [5.74, 6) is -1.39. The molecule has 0 saturated heterocycles. The van der Waals surface area contributed by atoms with Gasteiger partial charge in [0, 0.05) is 10.7 Å². The van der Waals surface area contributed by atoms with Crippen molar-refractivity contribution in [2.24, 2.45) is 0 Å². The molecule has 30 heavy (non-hydrogen) atoms. The maximum Gasteiger partial charge on any atom is 0.282 e. The maximum absolute atomic E-state index is 13.5. The Morgan fingerprint density at radius 1 is 0.867 bits per heavy atom. The SMILES string of the molecule is Cc1cccc(NC2=C(c3ccc(F)cc3)C(=O)N(c3ccc(Cl)cc3)C2=O)c1C. The predicted octanol–water partition coefficient (Wildman–Crippen LogP) is 5.49. The zero-order valence-corrected chi connectivity index (χ0v) is 17.1. The molecule has 6 heteroatoms. The van der Waals surface area contributed by atoms with Crippen molar-refractivity contribution in [3.05, 3.63) is 100.0 Å². The molecule has 150 valence electrons. The minimum absolute atomic E-state index is 0.148. The van der Waals surface area contributed by atoms with E-state index in [0.29, 0.717) is 16.3 Å². The highest BCUT2D eigenvalue weighted by Gasteiger charge is 2.40. The Morgan fingerprint density at radius 2 is 1.53 bits per heavy atom. The van der Waals surface area contributed by atoms with Crippen LogP contribution in [0, 0.1) is 19.7 Å². The minimum atomic E-state index is -0.485. The molecule has 1 aliphatic rings. The first kappa shape index (κ1) is 19.9. The van der Waals surface area contributed by atoms with Crippen LogP contribution >= 0.6 is 11.6 Å². The lowest BCUT2D eigenvalue weighted by atomic mass is 10.0. The lowest BCUT2D eigenvalue weighted by molar-refractivity contribution is -0.120. The highest BCUT2D eigenvalue weighted by molar-refractivity contribution is 6.46. The lowest BCUT2D eigenvalue weighted by Crippen LogP contribution is -2.32. The third-order valence-corrected chi connectivity index (χ3v) is 5.42. The van der Waals surface area contributed by atoms with Gasteiger partial charge in [-0.2, -0.15) is 0 Å². The summed E-state index contributed by atoms with van der Waals surface area (Å²) in [7, 11) is 0. The van der Waals surface area contributed by atoms with Crippen LogP contribution in [0.3, 0.4) is 0 Å².